The second-order valence-corrected chi connectivity index (χ2v) is 6.27. The molecule has 0 saturated carbocycles. The summed E-state index contributed by atoms with van der Waals surface area (Å²) in [6, 6.07) is 6.96. The van der Waals surface area contributed by atoms with Crippen LogP contribution in [0, 0.1) is 0 Å². The van der Waals surface area contributed by atoms with E-state index in [1.54, 1.807) is 24.3 Å². The summed E-state index contributed by atoms with van der Waals surface area (Å²) in [5, 5.41) is 0. The van der Waals surface area contributed by atoms with Crippen molar-refractivity contribution in [3.8, 4) is 0 Å². The third-order valence-electron chi connectivity index (χ3n) is 2.81. The quantitative estimate of drug-likeness (QED) is 0.747. The van der Waals surface area contributed by atoms with Crippen LogP contribution in [0.25, 0.3) is 0 Å². The van der Waals surface area contributed by atoms with E-state index in [9.17, 15) is 8.42 Å². The molecule has 0 aliphatic rings. The van der Waals surface area contributed by atoms with E-state index in [-0.39, 0.29) is 11.8 Å². The van der Waals surface area contributed by atoms with Gasteiger partial charge in [-0.15, -0.1) is 0 Å². The number of nitrogens with two attached hydrogens (primary N) is 1. The molecule has 3 N–H and O–H groups in total. The van der Waals surface area contributed by atoms with Gasteiger partial charge in [-0.1, -0.05) is 32.4 Å². The van der Waals surface area contributed by atoms with E-state index in [0.29, 0.717) is 5.69 Å². The Kier molecular flexibility index (Phi) is 5.62. The van der Waals surface area contributed by atoms with Crippen LogP contribution in [0.3, 0.4) is 0 Å². The second-order valence-electron chi connectivity index (χ2n) is 4.51. The molecule has 0 spiro atoms. The van der Waals surface area contributed by atoms with Gasteiger partial charge in [-0.05, 0) is 30.5 Å². The third-order valence-corrected chi connectivity index (χ3v) is 4.22. The van der Waals surface area contributed by atoms with Gasteiger partial charge in [-0.2, -0.15) is 0 Å². The minimum Gasteiger partial charge on any atom is -0.399 e. The standard InChI is InChI=1S/C13H22N2O2S/c1-3-5-13(4-2)15-18(16,17)10-11-6-8-12(14)9-7-11/h6-9,13,15H,3-5,10,14H2,1-2H3. The van der Waals surface area contributed by atoms with Crippen LogP contribution in [0.2, 0.25) is 0 Å². The lowest BCUT2D eigenvalue weighted by atomic mass is 10.1. The Morgan fingerprint density at radius 2 is 1.83 bits per heavy atom. The predicted molar refractivity (Wildman–Crippen MR) is 75.6 cm³/mol. The Bertz CT molecular complexity index is 454. The molecule has 1 unspecified atom stereocenters. The fraction of sp³-hybridized carbons (Fsp3) is 0.538. The van der Waals surface area contributed by atoms with E-state index < -0.39 is 10.0 Å². The molecule has 0 aromatic heterocycles. The molecule has 5 heteroatoms. The summed E-state index contributed by atoms with van der Waals surface area (Å²) >= 11 is 0. The average molecular weight is 270 g/mol. The fourth-order valence-electron chi connectivity index (χ4n) is 1.82. The predicted octanol–water partition coefficient (Wildman–Crippen LogP) is 2.27. The number of sulfonamides is 1. The maximum Gasteiger partial charge on any atom is 0.216 e. The summed E-state index contributed by atoms with van der Waals surface area (Å²) in [5.74, 6) is 0.00743. The van der Waals surface area contributed by atoms with E-state index in [2.05, 4.69) is 11.6 Å². The lowest BCUT2D eigenvalue weighted by molar-refractivity contribution is 0.512. The Morgan fingerprint density at radius 3 is 2.33 bits per heavy atom. The first-order valence-electron chi connectivity index (χ1n) is 6.31. The lowest BCUT2D eigenvalue weighted by Crippen LogP contribution is -2.35. The van der Waals surface area contributed by atoms with Gasteiger partial charge in [0.15, 0.2) is 0 Å². The second kappa shape index (κ2) is 6.75. The topological polar surface area (TPSA) is 72.2 Å². The molecule has 1 atom stereocenters. The summed E-state index contributed by atoms with van der Waals surface area (Å²) < 4.78 is 26.7. The Labute approximate surface area is 110 Å². The number of hydrogen-bond donors (Lipinski definition) is 2. The molecule has 0 saturated heterocycles. The van der Waals surface area contributed by atoms with Gasteiger partial charge in [0, 0.05) is 11.7 Å². The Hall–Kier alpha value is -1.07. The summed E-state index contributed by atoms with van der Waals surface area (Å²) in [4.78, 5) is 0. The minimum atomic E-state index is -3.27. The molecule has 1 rings (SSSR count). The first kappa shape index (κ1) is 15.0. The van der Waals surface area contributed by atoms with Crippen molar-refractivity contribution in [1.82, 2.24) is 4.72 Å². The molecule has 1 aromatic rings. The molecule has 0 radical (unpaired) electrons. The molecule has 1 aromatic carbocycles. The van der Waals surface area contributed by atoms with Crippen molar-refractivity contribution in [2.75, 3.05) is 5.73 Å². The summed E-state index contributed by atoms with van der Waals surface area (Å²) in [6.45, 7) is 4.04. The van der Waals surface area contributed by atoms with E-state index >= 15 is 0 Å². The van der Waals surface area contributed by atoms with Gasteiger partial charge in [0.2, 0.25) is 10.0 Å². The van der Waals surface area contributed by atoms with Crippen LogP contribution in [0.15, 0.2) is 24.3 Å². The highest BCUT2D eigenvalue weighted by Crippen LogP contribution is 2.10. The van der Waals surface area contributed by atoms with E-state index in [4.69, 9.17) is 5.73 Å². The third kappa shape index (κ3) is 5.06. The van der Waals surface area contributed by atoms with E-state index in [1.807, 2.05) is 6.92 Å². The first-order valence-corrected chi connectivity index (χ1v) is 7.96. The Balaban J connectivity index is 2.66. The van der Waals surface area contributed by atoms with Crippen molar-refractivity contribution in [3.05, 3.63) is 29.8 Å². The van der Waals surface area contributed by atoms with Gasteiger partial charge < -0.3 is 5.73 Å². The van der Waals surface area contributed by atoms with Gasteiger partial charge in [-0.25, -0.2) is 13.1 Å². The lowest BCUT2D eigenvalue weighted by Gasteiger charge is -2.16. The first-order chi connectivity index (χ1) is 8.46. The van der Waals surface area contributed by atoms with Gasteiger partial charge in [0.05, 0.1) is 5.75 Å². The van der Waals surface area contributed by atoms with Gasteiger partial charge >= 0.3 is 0 Å². The summed E-state index contributed by atoms with van der Waals surface area (Å²) in [5.41, 5.74) is 6.96. The van der Waals surface area contributed by atoms with Crippen LogP contribution in [-0.2, 0) is 15.8 Å². The minimum absolute atomic E-state index is 0.00743. The molecule has 4 nitrogen and oxygen atoms in total. The number of benzene rings is 1. The normalized spacial score (nSPS) is 13.4. The molecule has 0 heterocycles. The number of hydrogen-bond acceptors (Lipinski definition) is 3. The van der Waals surface area contributed by atoms with Crippen molar-refractivity contribution in [1.29, 1.82) is 0 Å². The molecule has 0 aliphatic carbocycles. The average Bonchev–Trinajstić information content (AvgIpc) is 2.31. The fourth-order valence-corrected chi connectivity index (χ4v) is 3.33. The van der Waals surface area contributed by atoms with Crippen molar-refractivity contribution in [2.45, 2.75) is 44.9 Å². The van der Waals surface area contributed by atoms with Gasteiger partial charge in [0.25, 0.3) is 0 Å². The highest BCUT2D eigenvalue weighted by molar-refractivity contribution is 7.88. The van der Waals surface area contributed by atoms with Crippen LogP contribution in [0.4, 0.5) is 5.69 Å². The summed E-state index contributed by atoms with van der Waals surface area (Å²) in [6.07, 6.45) is 2.66. The molecule has 102 valence electrons. The van der Waals surface area contributed by atoms with Crippen LogP contribution in [0.1, 0.15) is 38.7 Å². The molecular formula is C13H22N2O2S. The van der Waals surface area contributed by atoms with Crippen LogP contribution < -0.4 is 10.5 Å². The van der Waals surface area contributed by atoms with E-state index in [0.717, 1.165) is 24.8 Å². The number of nitrogen functional groups attached to an aromatic ring is 1. The smallest absolute Gasteiger partial charge is 0.216 e. The highest BCUT2D eigenvalue weighted by atomic mass is 32.2. The van der Waals surface area contributed by atoms with Crippen molar-refractivity contribution in [3.63, 3.8) is 0 Å². The largest absolute Gasteiger partial charge is 0.399 e. The molecule has 0 bridgehead atoms. The molecule has 0 fully saturated rings. The highest BCUT2D eigenvalue weighted by Gasteiger charge is 2.16. The zero-order chi connectivity index (χ0) is 13.6. The van der Waals surface area contributed by atoms with Crippen molar-refractivity contribution >= 4 is 15.7 Å². The zero-order valence-corrected chi connectivity index (χ0v) is 11.8. The zero-order valence-electron chi connectivity index (χ0n) is 11.0. The maximum atomic E-state index is 12.0. The monoisotopic (exact) mass is 270 g/mol. The molecule has 18 heavy (non-hydrogen) atoms. The van der Waals surface area contributed by atoms with Crippen molar-refractivity contribution in [2.24, 2.45) is 0 Å². The van der Waals surface area contributed by atoms with Crippen LogP contribution >= 0.6 is 0 Å². The maximum absolute atomic E-state index is 12.0. The number of rotatable bonds is 7. The molecule has 0 amide bonds. The summed E-state index contributed by atoms with van der Waals surface area (Å²) in [7, 11) is -3.27. The van der Waals surface area contributed by atoms with Gasteiger partial charge in [0.1, 0.15) is 0 Å². The number of nitrogens with one attached hydrogen (secondary N) is 1. The van der Waals surface area contributed by atoms with Crippen LogP contribution in [-0.4, -0.2) is 14.5 Å². The van der Waals surface area contributed by atoms with Gasteiger partial charge in [-0.3, -0.25) is 0 Å². The van der Waals surface area contributed by atoms with Crippen molar-refractivity contribution < 1.29 is 8.42 Å². The Morgan fingerprint density at radius 1 is 1.22 bits per heavy atom. The number of anilines is 1. The van der Waals surface area contributed by atoms with E-state index in [1.165, 1.54) is 0 Å². The SMILES string of the molecule is CCCC(CC)NS(=O)(=O)Cc1ccc(N)cc1. The molecule has 0 aliphatic heterocycles. The van der Waals surface area contributed by atoms with Crippen LogP contribution in [0.5, 0.6) is 0 Å². The molecular weight excluding hydrogens is 248 g/mol.